The summed E-state index contributed by atoms with van der Waals surface area (Å²) in [7, 11) is 0. The van der Waals surface area contributed by atoms with Crippen molar-refractivity contribution >= 4 is 18.0 Å². The molecule has 1 saturated carbocycles. The van der Waals surface area contributed by atoms with Gasteiger partial charge in [0.05, 0.1) is 0 Å². The van der Waals surface area contributed by atoms with Gasteiger partial charge in [0.1, 0.15) is 16.3 Å². The van der Waals surface area contributed by atoms with Crippen molar-refractivity contribution in [2.45, 2.75) is 45.4 Å². The van der Waals surface area contributed by atoms with Gasteiger partial charge in [-0.2, -0.15) is 0 Å². The highest BCUT2D eigenvalue weighted by Gasteiger charge is 2.25. The highest BCUT2D eigenvalue weighted by atomic mass is 32.1. The SMILES string of the molecule is CCN(CC)CCCCNc1cc(=S)nc(C2CC2)[nH]1. The second-order valence-corrected chi connectivity index (χ2v) is 5.87. The fourth-order valence-electron chi connectivity index (χ4n) is 2.35. The van der Waals surface area contributed by atoms with Crippen LogP contribution in [0.1, 0.15) is 51.3 Å². The molecule has 112 valence electrons. The minimum atomic E-state index is 0.612. The Balaban J connectivity index is 1.72. The third-order valence-electron chi connectivity index (χ3n) is 3.84. The Bertz CT molecular complexity index is 463. The van der Waals surface area contributed by atoms with E-state index < -0.39 is 0 Å². The highest BCUT2D eigenvalue weighted by molar-refractivity contribution is 7.71. The molecule has 0 radical (unpaired) electrons. The maximum Gasteiger partial charge on any atom is 0.131 e. The number of H-pyrrole nitrogens is 1. The zero-order valence-electron chi connectivity index (χ0n) is 12.6. The van der Waals surface area contributed by atoms with Crippen molar-refractivity contribution in [3.63, 3.8) is 0 Å². The average Bonchev–Trinajstić information content (AvgIpc) is 3.27. The van der Waals surface area contributed by atoms with Gasteiger partial charge < -0.3 is 15.2 Å². The number of anilines is 1. The van der Waals surface area contributed by atoms with Gasteiger partial charge in [0, 0.05) is 18.5 Å². The molecule has 4 nitrogen and oxygen atoms in total. The van der Waals surface area contributed by atoms with Gasteiger partial charge in [0.15, 0.2) is 0 Å². The van der Waals surface area contributed by atoms with Gasteiger partial charge in [-0.25, -0.2) is 4.98 Å². The summed E-state index contributed by atoms with van der Waals surface area (Å²) < 4.78 is 0.691. The van der Waals surface area contributed by atoms with Crippen molar-refractivity contribution in [2.24, 2.45) is 0 Å². The van der Waals surface area contributed by atoms with Crippen LogP contribution in [0, 0.1) is 4.64 Å². The lowest BCUT2D eigenvalue weighted by atomic mass is 10.3. The smallest absolute Gasteiger partial charge is 0.131 e. The van der Waals surface area contributed by atoms with Crippen molar-refractivity contribution in [3.8, 4) is 0 Å². The maximum atomic E-state index is 5.22. The minimum Gasteiger partial charge on any atom is -0.372 e. The van der Waals surface area contributed by atoms with Gasteiger partial charge in [-0.3, -0.25) is 0 Å². The van der Waals surface area contributed by atoms with Gasteiger partial charge in [0.2, 0.25) is 0 Å². The number of nitrogens with one attached hydrogen (secondary N) is 2. The van der Waals surface area contributed by atoms with E-state index in [0.29, 0.717) is 10.6 Å². The summed E-state index contributed by atoms with van der Waals surface area (Å²) in [5.41, 5.74) is 0. The Hall–Kier alpha value is -0.940. The van der Waals surface area contributed by atoms with E-state index in [1.807, 2.05) is 6.07 Å². The average molecular weight is 294 g/mol. The molecule has 2 N–H and O–H groups in total. The van der Waals surface area contributed by atoms with Crippen LogP contribution in [0.2, 0.25) is 0 Å². The van der Waals surface area contributed by atoms with E-state index >= 15 is 0 Å². The molecule has 0 unspecified atom stereocenters. The molecular formula is C15H26N4S. The number of unbranched alkanes of at least 4 members (excludes halogenated alkanes) is 1. The van der Waals surface area contributed by atoms with Gasteiger partial charge >= 0.3 is 0 Å². The van der Waals surface area contributed by atoms with E-state index in [1.165, 1.54) is 32.2 Å². The van der Waals surface area contributed by atoms with E-state index in [-0.39, 0.29) is 0 Å². The normalized spacial score (nSPS) is 14.8. The van der Waals surface area contributed by atoms with Crippen LogP contribution in [0.15, 0.2) is 6.07 Å². The van der Waals surface area contributed by atoms with Crippen LogP contribution < -0.4 is 5.32 Å². The van der Waals surface area contributed by atoms with Crippen molar-refractivity contribution < 1.29 is 0 Å². The monoisotopic (exact) mass is 294 g/mol. The lowest BCUT2D eigenvalue weighted by molar-refractivity contribution is 0.298. The van der Waals surface area contributed by atoms with E-state index in [4.69, 9.17) is 12.2 Å². The van der Waals surface area contributed by atoms with E-state index in [1.54, 1.807) is 0 Å². The van der Waals surface area contributed by atoms with Crippen molar-refractivity contribution in [3.05, 3.63) is 16.5 Å². The molecule has 1 aromatic heterocycles. The first-order chi connectivity index (χ1) is 9.72. The summed E-state index contributed by atoms with van der Waals surface area (Å²) >= 11 is 5.22. The lowest BCUT2D eigenvalue weighted by Crippen LogP contribution is -2.24. The molecule has 0 spiro atoms. The Morgan fingerprint density at radius 1 is 1.35 bits per heavy atom. The Kier molecular flexibility index (Phi) is 5.98. The zero-order valence-corrected chi connectivity index (χ0v) is 13.4. The molecule has 0 bridgehead atoms. The third kappa shape index (κ3) is 4.87. The first kappa shape index (κ1) is 15.4. The van der Waals surface area contributed by atoms with Crippen LogP contribution in [0.4, 0.5) is 5.82 Å². The zero-order chi connectivity index (χ0) is 14.4. The summed E-state index contributed by atoms with van der Waals surface area (Å²) in [5.74, 6) is 2.69. The maximum absolute atomic E-state index is 5.22. The summed E-state index contributed by atoms with van der Waals surface area (Å²) in [6.45, 7) is 8.91. The number of rotatable bonds is 9. The molecule has 0 aromatic carbocycles. The largest absolute Gasteiger partial charge is 0.372 e. The first-order valence-electron chi connectivity index (χ1n) is 7.80. The van der Waals surface area contributed by atoms with Crippen LogP contribution in [0.3, 0.4) is 0 Å². The lowest BCUT2D eigenvalue weighted by Gasteiger charge is -2.17. The molecule has 1 fully saturated rings. The quantitative estimate of drug-likeness (QED) is 0.540. The van der Waals surface area contributed by atoms with E-state index in [0.717, 1.165) is 31.3 Å². The van der Waals surface area contributed by atoms with Crippen molar-refractivity contribution in [2.75, 3.05) is 31.5 Å². The molecule has 0 atom stereocenters. The fraction of sp³-hybridized carbons (Fsp3) is 0.733. The Labute approximate surface area is 127 Å². The fourth-order valence-corrected chi connectivity index (χ4v) is 2.56. The molecular weight excluding hydrogens is 268 g/mol. The van der Waals surface area contributed by atoms with E-state index in [2.05, 4.69) is 34.0 Å². The summed E-state index contributed by atoms with van der Waals surface area (Å²) in [4.78, 5) is 10.2. The molecule has 2 rings (SSSR count). The molecule has 1 aliphatic carbocycles. The summed E-state index contributed by atoms with van der Waals surface area (Å²) in [6, 6.07) is 1.92. The van der Waals surface area contributed by atoms with Gasteiger partial charge in [-0.05, 0) is 45.3 Å². The second-order valence-electron chi connectivity index (χ2n) is 5.45. The van der Waals surface area contributed by atoms with Gasteiger partial charge in [0.25, 0.3) is 0 Å². The van der Waals surface area contributed by atoms with Crippen LogP contribution in [-0.4, -0.2) is 41.0 Å². The number of aromatic nitrogens is 2. The molecule has 0 aliphatic heterocycles. The molecule has 20 heavy (non-hydrogen) atoms. The summed E-state index contributed by atoms with van der Waals surface area (Å²) in [6.07, 6.45) is 4.89. The molecule has 0 amide bonds. The number of hydrogen-bond donors (Lipinski definition) is 2. The predicted molar refractivity (Wildman–Crippen MR) is 86.9 cm³/mol. The molecule has 1 heterocycles. The molecule has 1 aliphatic rings. The number of nitrogens with zero attached hydrogens (tertiary/aromatic N) is 2. The second kappa shape index (κ2) is 7.74. The molecule has 1 aromatic rings. The Morgan fingerprint density at radius 3 is 2.75 bits per heavy atom. The molecule has 0 saturated heterocycles. The van der Waals surface area contributed by atoms with E-state index in [9.17, 15) is 0 Å². The topological polar surface area (TPSA) is 44.0 Å². The third-order valence-corrected chi connectivity index (χ3v) is 4.05. The van der Waals surface area contributed by atoms with Crippen LogP contribution in [0.5, 0.6) is 0 Å². The van der Waals surface area contributed by atoms with Crippen LogP contribution in [-0.2, 0) is 0 Å². The number of aromatic amines is 1. The minimum absolute atomic E-state index is 0.612. The Morgan fingerprint density at radius 2 is 2.10 bits per heavy atom. The number of hydrogen-bond acceptors (Lipinski definition) is 4. The van der Waals surface area contributed by atoms with Crippen LogP contribution >= 0.6 is 12.2 Å². The summed E-state index contributed by atoms with van der Waals surface area (Å²) in [5, 5.41) is 3.44. The van der Waals surface area contributed by atoms with Gasteiger partial charge in [-0.1, -0.05) is 26.1 Å². The van der Waals surface area contributed by atoms with Crippen LogP contribution in [0.25, 0.3) is 0 Å². The first-order valence-corrected chi connectivity index (χ1v) is 8.21. The highest BCUT2D eigenvalue weighted by Crippen LogP contribution is 2.38. The predicted octanol–water partition coefficient (Wildman–Crippen LogP) is 3.55. The standard InChI is InChI=1S/C15H26N4S/c1-3-19(4-2)10-6-5-9-16-13-11-14(20)18-15(17-13)12-7-8-12/h11-12H,3-10H2,1-2H3,(H2,16,17,18,20). The van der Waals surface area contributed by atoms with Gasteiger partial charge in [-0.15, -0.1) is 0 Å². The van der Waals surface area contributed by atoms with Crippen molar-refractivity contribution in [1.29, 1.82) is 0 Å². The van der Waals surface area contributed by atoms with Crippen molar-refractivity contribution in [1.82, 2.24) is 14.9 Å². The molecule has 5 heteroatoms.